The molecule has 1 rings (SSSR count). The van der Waals surface area contributed by atoms with Crippen molar-refractivity contribution in [1.82, 2.24) is 4.98 Å². The highest BCUT2D eigenvalue weighted by atomic mass is 19.4. The molecule has 0 saturated heterocycles. The Labute approximate surface area is 90.9 Å². The van der Waals surface area contributed by atoms with E-state index in [-0.39, 0.29) is 25.5 Å². The molecule has 0 unspecified atom stereocenters. The van der Waals surface area contributed by atoms with Crippen LogP contribution >= 0.6 is 0 Å². The zero-order valence-electron chi connectivity index (χ0n) is 8.50. The first-order valence-corrected chi connectivity index (χ1v) is 4.76. The number of nitrogens with zero attached hydrogens (tertiary/aromatic N) is 1. The second kappa shape index (κ2) is 5.69. The van der Waals surface area contributed by atoms with Crippen LogP contribution in [0.2, 0.25) is 0 Å². The van der Waals surface area contributed by atoms with Crippen LogP contribution in [0, 0.1) is 0 Å². The van der Waals surface area contributed by atoms with Crippen LogP contribution in [0.15, 0.2) is 18.3 Å². The number of hydrogen-bond acceptors (Lipinski definition) is 3. The van der Waals surface area contributed by atoms with Gasteiger partial charge in [0.2, 0.25) is 5.88 Å². The number of rotatable bonds is 5. The molecule has 1 aromatic heterocycles. The van der Waals surface area contributed by atoms with Crippen molar-refractivity contribution in [3.8, 4) is 5.88 Å². The van der Waals surface area contributed by atoms with Gasteiger partial charge in [0.15, 0.2) is 0 Å². The lowest BCUT2D eigenvalue weighted by molar-refractivity contribution is -0.136. The van der Waals surface area contributed by atoms with E-state index in [0.717, 1.165) is 0 Å². The monoisotopic (exact) mass is 235 g/mol. The largest absolute Gasteiger partial charge is 0.478 e. The summed E-state index contributed by atoms with van der Waals surface area (Å²) in [6.45, 7) is -0.192. The van der Waals surface area contributed by atoms with Crippen molar-refractivity contribution in [3.05, 3.63) is 23.9 Å². The summed E-state index contributed by atoms with van der Waals surface area (Å²) < 4.78 is 40.4. The topological polar surface area (TPSA) is 42.4 Å². The van der Waals surface area contributed by atoms with Crippen LogP contribution < -0.4 is 4.74 Å². The average molecular weight is 235 g/mol. The molecule has 0 aliphatic heterocycles. The Kier molecular flexibility index (Phi) is 4.54. The Morgan fingerprint density at radius 2 is 2.12 bits per heavy atom. The fourth-order valence-corrected chi connectivity index (χ4v) is 1.08. The number of hydrogen-bond donors (Lipinski definition) is 1. The zero-order chi connectivity index (χ0) is 12.0. The highest BCUT2D eigenvalue weighted by Gasteiger charge is 2.26. The van der Waals surface area contributed by atoms with Crippen molar-refractivity contribution in [1.29, 1.82) is 0 Å². The number of aromatic nitrogens is 1. The summed E-state index contributed by atoms with van der Waals surface area (Å²) in [5.41, 5.74) is 0.612. The van der Waals surface area contributed by atoms with Gasteiger partial charge >= 0.3 is 6.18 Å². The Hall–Kier alpha value is -1.30. The van der Waals surface area contributed by atoms with Crippen molar-refractivity contribution in [2.24, 2.45) is 0 Å². The van der Waals surface area contributed by atoms with E-state index in [1.807, 2.05) is 0 Å². The van der Waals surface area contributed by atoms with Gasteiger partial charge in [0, 0.05) is 18.7 Å². The Balaban J connectivity index is 2.32. The molecule has 0 atom stereocenters. The van der Waals surface area contributed by atoms with E-state index < -0.39 is 12.6 Å². The third-order valence-corrected chi connectivity index (χ3v) is 1.84. The van der Waals surface area contributed by atoms with Gasteiger partial charge in [-0.2, -0.15) is 13.2 Å². The maximum Gasteiger partial charge on any atom is 0.389 e. The number of aliphatic hydroxyl groups is 1. The van der Waals surface area contributed by atoms with E-state index in [2.05, 4.69) is 4.98 Å². The SMILES string of the molecule is OCc1ccnc(OCCCC(F)(F)F)c1. The molecule has 0 amide bonds. The maximum absolute atomic E-state index is 11.8. The van der Waals surface area contributed by atoms with Crippen LogP contribution in [0.5, 0.6) is 5.88 Å². The Morgan fingerprint density at radius 3 is 2.75 bits per heavy atom. The quantitative estimate of drug-likeness (QED) is 0.796. The molecular weight excluding hydrogens is 223 g/mol. The highest BCUT2D eigenvalue weighted by Crippen LogP contribution is 2.21. The van der Waals surface area contributed by atoms with Gasteiger partial charge in [-0.1, -0.05) is 0 Å². The summed E-state index contributed by atoms with van der Waals surface area (Å²) >= 11 is 0. The molecule has 0 bridgehead atoms. The lowest BCUT2D eigenvalue weighted by Crippen LogP contribution is -2.10. The fourth-order valence-electron chi connectivity index (χ4n) is 1.08. The molecule has 3 nitrogen and oxygen atoms in total. The first kappa shape index (κ1) is 12.8. The molecule has 0 aliphatic carbocycles. The minimum atomic E-state index is -4.15. The van der Waals surface area contributed by atoms with E-state index in [4.69, 9.17) is 9.84 Å². The van der Waals surface area contributed by atoms with Crippen molar-refractivity contribution in [3.63, 3.8) is 0 Å². The Morgan fingerprint density at radius 1 is 1.38 bits per heavy atom. The van der Waals surface area contributed by atoms with E-state index in [1.54, 1.807) is 6.07 Å². The third-order valence-electron chi connectivity index (χ3n) is 1.84. The van der Waals surface area contributed by atoms with Crippen molar-refractivity contribution < 1.29 is 23.0 Å². The molecule has 0 radical (unpaired) electrons. The molecule has 0 aromatic carbocycles. The summed E-state index contributed by atoms with van der Waals surface area (Å²) in [6, 6.07) is 3.09. The van der Waals surface area contributed by atoms with Crippen LogP contribution in [0.25, 0.3) is 0 Å². The summed E-state index contributed by atoms with van der Waals surface area (Å²) in [7, 11) is 0. The zero-order valence-corrected chi connectivity index (χ0v) is 8.50. The molecule has 1 N–H and O–H groups in total. The van der Waals surface area contributed by atoms with Gasteiger partial charge in [-0.05, 0) is 18.1 Å². The summed E-state index contributed by atoms with van der Waals surface area (Å²) in [5, 5.41) is 8.81. The van der Waals surface area contributed by atoms with Gasteiger partial charge in [0.05, 0.1) is 13.2 Å². The van der Waals surface area contributed by atoms with Gasteiger partial charge in [-0.15, -0.1) is 0 Å². The average Bonchev–Trinajstić information content (AvgIpc) is 2.23. The number of pyridine rings is 1. The highest BCUT2D eigenvalue weighted by molar-refractivity contribution is 5.19. The van der Waals surface area contributed by atoms with E-state index in [1.165, 1.54) is 12.3 Å². The minimum Gasteiger partial charge on any atom is -0.478 e. The molecule has 0 fully saturated rings. The van der Waals surface area contributed by atoms with Crippen LogP contribution in [0.4, 0.5) is 13.2 Å². The predicted octanol–water partition coefficient (Wildman–Crippen LogP) is 2.30. The second-order valence-electron chi connectivity index (χ2n) is 3.23. The Bertz CT molecular complexity index is 328. The number of alkyl halides is 3. The lowest BCUT2D eigenvalue weighted by Gasteiger charge is -2.07. The van der Waals surface area contributed by atoms with E-state index in [9.17, 15) is 13.2 Å². The van der Waals surface area contributed by atoms with Gasteiger partial charge in [0.25, 0.3) is 0 Å². The summed E-state index contributed by atoms with van der Waals surface area (Å²) in [4.78, 5) is 3.81. The van der Waals surface area contributed by atoms with Gasteiger partial charge in [0.1, 0.15) is 0 Å². The fraction of sp³-hybridized carbons (Fsp3) is 0.500. The van der Waals surface area contributed by atoms with Crippen molar-refractivity contribution >= 4 is 0 Å². The maximum atomic E-state index is 11.8. The molecule has 1 aromatic rings. The van der Waals surface area contributed by atoms with Crippen molar-refractivity contribution in [2.75, 3.05) is 6.61 Å². The standard InChI is InChI=1S/C10H12F3NO2/c11-10(12,13)3-1-5-16-9-6-8(7-15)2-4-14-9/h2,4,6,15H,1,3,5,7H2. The molecule has 0 aliphatic rings. The lowest BCUT2D eigenvalue weighted by atomic mass is 10.3. The molecule has 0 saturated carbocycles. The summed E-state index contributed by atoms with van der Waals surface area (Å²) in [6.07, 6.45) is -3.68. The van der Waals surface area contributed by atoms with Gasteiger partial charge in [-0.25, -0.2) is 4.98 Å². The van der Waals surface area contributed by atoms with Gasteiger partial charge in [-0.3, -0.25) is 0 Å². The van der Waals surface area contributed by atoms with E-state index >= 15 is 0 Å². The second-order valence-corrected chi connectivity index (χ2v) is 3.23. The van der Waals surface area contributed by atoms with Gasteiger partial charge < -0.3 is 9.84 Å². The predicted molar refractivity (Wildman–Crippen MR) is 50.9 cm³/mol. The third kappa shape index (κ3) is 4.97. The molecule has 16 heavy (non-hydrogen) atoms. The molecule has 1 heterocycles. The van der Waals surface area contributed by atoms with Crippen LogP contribution in [0.1, 0.15) is 18.4 Å². The molecular formula is C10H12F3NO2. The number of halogens is 3. The molecule has 0 spiro atoms. The summed E-state index contributed by atoms with van der Waals surface area (Å²) in [5.74, 6) is 0.230. The van der Waals surface area contributed by atoms with Crippen LogP contribution in [-0.2, 0) is 6.61 Å². The first-order valence-electron chi connectivity index (χ1n) is 4.76. The van der Waals surface area contributed by atoms with Crippen LogP contribution in [-0.4, -0.2) is 22.9 Å². The first-order chi connectivity index (χ1) is 7.51. The number of ether oxygens (including phenoxy) is 1. The number of aliphatic hydroxyl groups excluding tert-OH is 1. The molecule has 6 heteroatoms. The normalized spacial score (nSPS) is 11.5. The van der Waals surface area contributed by atoms with Crippen molar-refractivity contribution in [2.45, 2.75) is 25.6 Å². The van der Waals surface area contributed by atoms with Crippen LogP contribution in [0.3, 0.4) is 0 Å². The molecule has 90 valence electrons. The van der Waals surface area contributed by atoms with E-state index in [0.29, 0.717) is 5.56 Å². The minimum absolute atomic E-state index is 0.0403. The smallest absolute Gasteiger partial charge is 0.389 e.